The van der Waals surface area contributed by atoms with Crippen LogP contribution in [0.4, 0.5) is 0 Å². The Bertz CT molecular complexity index is 313. The molecule has 1 aromatic rings. The molecule has 1 aliphatic carbocycles. The van der Waals surface area contributed by atoms with Gasteiger partial charge in [-0.15, -0.1) is 0 Å². The van der Waals surface area contributed by atoms with Crippen LogP contribution in [0.15, 0.2) is 0 Å². The summed E-state index contributed by atoms with van der Waals surface area (Å²) in [7, 11) is 0. The zero-order valence-corrected chi connectivity index (χ0v) is 8.20. The van der Waals surface area contributed by atoms with Crippen LogP contribution >= 0.6 is 0 Å². The summed E-state index contributed by atoms with van der Waals surface area (Å²) >= 11 is 0. The minimum absolute atomic E-state index is 0.545. The summed E-state index contributed by atoms with van der Waals surface area (Å²) in [6.07, 6.45) is 4.70. The monoisotopic (exact) mass is 193 g/mol. The van der Waals surface area contributed by atoms with Crippen molar-refractivity contribution in [3.05, 3.63) is 11.6 Å². The lowest BCUT2D eigenvalue weighted by Crippen LogP contribution is -2.15. The minimum Gasteiger partial charge on any atom is -0.381 e. The van der Waals surface area contributed by atoms with E-state index in [1.165, 1.54) is 12.8 Å². The van der Waals surface area contributed by atoms with Crippen molar-refractivity contribution >= 4 is 0 Å². The van der Waals surface area contributed by atoms with E-state index in [1.54, 1.807) is 0 Å². The molecule has 1 aliphatic heterocycles. The van der Waals surface area contributed by atoms with Crippen molar-refractivity contribution in [3.8, 4) is 0 Å². The lowest BCUT2D eigenvalue weighted by atomic mass is 10.00. The van der Waals surface area contributed by atoms with Gasteiger partial charge in [0.15, 0.2) is 5.82 Å². The van der Waals surface area contributed by atoms with Crippen molar-refractivity contribution in [2.24, 2.45) is 0 Å². The van der Waals surface area contributed by atoms with Gasteiger partial charge in [-0.3, -0.25) is 5.10 Å². The van der Waals surface area contributed by atoms with Gasteiger partial charge >= 0.3 is 0 Å². The first kappa shape index (κ1) is 8.41. The molecule has 0 amide bonds. The maximum Gasteiger partial charge on any atom is 0.153 e. The Hall–Kier alpha value is -0.900. The van der Waals surface area contributed by atoms with Crippen molar-refractivity contribution in [3.63, 3.8) is 0 Å². The summed E-state index contributed by atoms with van der Waals surface area (Å²) in [6, 6.07) is 0. The van der Waals surface area contributed by atoms with E-state index in [0.29, 0.717) is 11.8 Å². The zero-order chi connectivity index (χ0) is 9.38. The quantitative estimate of drug-likeness (QED) is 0.775. The SMILES string of the molecule is C1CC(c2nc(C3CC3)n[nH]2)CCO1. The van der Waals surface area contributed by atoms with E-state index in [-0.39, 0.29) is 0 Å². The van der Waals surface area contributed by atoms with Crippen LogP contribution in [0.5, 0.6) is 0 Å². The molecular formula is C10H15N3O. The summed E-state index contributed by atoms with van der Waals surface area (Å²) in [5.74, 6) is 3.31. The van der Waals surface area contributed by atoms with Gasteiger partial charge in [0.05, 0.1) is 0 Å². The predicted octanol–water partition coefficient (Wildman–Crippen LogP) is 1.58. The van der Waals surface area contributed by atoms with E-state index in [9.17, 15) is 0 Å². The number of H-pyrrole nitrogens is 1. The highest BCUT2D eigenvalue weighted by Crippen LogP contribution is 2.38. The van der Waals surface area contributed by atoms with Gasteiger partial charge < -0.3 is 4.74 Å². The molecule has 0 aromatic carbocycles. The van der Waals surface area contributed by atoms with Gasteiger partial charge in [-0.1, -0.05) is 0 Å². The Labute approximate surface area is 83.1 Å². The molecule has 76 valence electrons. The molecule has 14 heavy (non-hydrogen) atoms. The maximum atomic E-state index is 5.33. The van der Waals surface area contributed by atoms with Crippen molar-refractivity contribution in [2.45, 2.75) is 37.5 Å². The third-order valence-corrected chi connectivity index (χ3v) is 3.07. The molecule has 0 spiro atoms. The molecule has 3 rings (SSSR count). The number of nitrogens with one attached hydrogen (secondary N) is 1. The fourth-order valence-electron chi connectivity index (χ4n) is 1.97. The van der Waals surface area contributed by atoms with Crippen molar-refractivity contribution in [2.75, 3.05) is 13.2 Å². The molecule has 2 aliphatic rings. The minimum atomic E-state index is 0.545. The Morgan fingerprint density at radius 1 is 1.07 bits per heavy atom. The molecule has 4 heteroatoms. The first-order chi connectivity index (χ1) is 6.93. The number of rotatable bonds is 2. The van der Waals surface area contributed by atoms with Crippen LogP contribution in [0.2, 0.25) is 0 Å². The van der Waals surface area contributed by atoms with Gasteiger partial charge in [0.25, 0.3) is 0 Å². The second-order valence-corrected chi connectivity index (χ2v) is 4.24. The van der Waals surface area contributed by atoms with E-state index in [1.807, 2.05) is 0 Å². The van der Waals surface area contributed by atoms with Gasteiger partial charge in [0.2, 0.25) is 0 Å². The van der Waals surface area contributed by atoms with Crippen molar-refractivity contribution in [1.82, 2.24) is 15.2 Å². The molecular weight excluding hydrogens is 178 g/mol. The molecule has 4 nitrogen and oxygen atoms in total. The molecule has 1 N–H and O–H groups in total. The second kappa shape index (κ2) is 3.35. The van der Waals surface area contributed by atoms with E-state index in [2.05, 4.69) is 15.2 Å². The molecule has 1 aromatic heterocycles. The fourth-order valence-corrected chi connectivity index (χ4v) is 1.97. The van der Waals surface area contributed by atoms with Crippen LogP contribution in [0.25, 0.3) is 0 Å². The molecule has 2 heterocycles. The maximum absolute atomic E-state index is 5.33. The Balaban J connectivity index is 1.74. The van der Waals surface area contributed by atoms with Crippen LogP contribution in [0.1, 0.15) is 49.2 Å². The molecule has 0 radical (unpaired) electrons. The van der Waals surface area contributed by atoms with Crippen molar-refractivity contribution in [1.29, 1.82) is 0 Å². The number of hydrogen-bond acceptors (Lipinski definition) is 3. The fraction of sp³-hybridized carbons (Fsp3) is 0.800. The first-order valence-corrected chi connectivity index (χ1v) is 5.43. The molecule has 0 atom stereocenters. The highest BCUT2D eigenvalue weighted by molar-refractivity contribution is 5.07. The number of nitrogens with zero attached hydrogens (tertiary/aromatic N) is 2. The lowest BCUT2D eigenvalue weighted by Gasteiger charge is -2.19. The smallest absolute Gasteiger partial charge is 0.153 e. The van der Waals surface area contributed by atoms with Gasteiger partial charge in [-0.05, 0) is 25.7 Å². The largest absolute Gasteiger partial charge is 0.381 e. The number of ether oxygens (including phenoxy) is 1. The molecule has 0 bridgehead atoms. The highest BCUT2D eigenvalue weighted by Gasteiger charge is 2.29. The Morgan fingerprint density at radius 2 is 1.86 bits per heavy atom. The summed E-state index contributed by atoms with van der Waals surface area (Å²) in [4.78, 5) is 4.57. The van der Waals surface area contributed by atoms with Gasteiger partial charge in [0.1, 0.15) is 5.82 Å². The van der Waals surface area contributed by atoms with Crippen LogP contribution in [-0.2, 0) is 4.74 Å². The lowest BCUT2D eigenvalue weighted by molar-refractivity contribution is 0.0836. The molecule has 1 saturated heterocycles. The van der Waals surface area contributed by atoms with Gasteiger partial charge in [-0.25, -0.2) is 4.98 Å². The zero-order valence-electron chi connectivity index (χ0n) is 8.20. The number of aromatic amines is 1. The van der Waals surface area contributed by atoms with Gasteiger partial charge in [-0.2, -0.15) is 5.10 Å². The normalized spacial score (nSPS) is 24.0. The van der Waals surface area contributed by atoms with E-state index >= 15 is 0 Å². The molecule has 1 saturated carbocycles. The van der Waals surface area contributed by atoms with Crippen LogP contribution in [0, 0.1) is 0 Å². The third kappa shape index (κ3) is 1.54. The summed E-state index contributed by atoms with van der Waals surface area (Å²) in [5, 5.41) is 7.36. The predicted molar refractivity (Wildman–Crippen MR) is 51.2 cm³/mol. The molecule has 0 unspecified atom stereocenters. The highest BCUT2D eigenvalue weighted by atomic mass is 16.5. The average molecular weight is 193 g/mol. The Kier molecular flexibility index (Phi) is 2.01. The third-order valence-electron chi connectivity index (χ3n) is 3.07. The topological polar surface area (TPSA) is 50.8 Å². The second-order valence-electron chi connectivity index (χ2n) is 4.24. The Morgan fingerprint density at radius 3 is 2.57 bits per heavy atom. The number of hydrogen-bond donors (Lipinski definition) is 1. The van der Waals surface area contributed by atoms with Crippen LogP contribution in [0.3, 0.4) is 0 Å². The van der Waals surface area contributed by atoms with E-state index in [0.717, 1.165) is 37.7 Å². The standard InChI is InChI=1S/C10H15N3O/c1-2-7(1)9-11-10(13-12-9)8-3-5-14-6-4-8/h7-8H,1-6H2,(H,11,12,13). The number of aromatic nitrogens is 3. The van der Waals surface area contributed by atoms with Gasteiger partial charge in [0, 0.05) is 25.0 Å². The average Bonchev–Trinajstić information content (AvgIpc) is 2.98. The van der Waals surface area contributed by atoms with Crippen LogP contribution in [-0.4, -0.2) is 28.4 Å². The summed E-state index contributed by atoms with van der Waals surface area (Å²) in [5.41, 5.74) is 0. The van der Waals surface area contributed by atoms with E-state index < -0.39 is 0 Å². The van der Waals surface area contributed by atoms with E-state index in [4.69, 9.17) is 4.74 Å². The summed E-state index contributed by atoms with van der Waals surface area (Å²) in [6.45, 7) is 1.73. The molecule has 2 fully saturated rings. The summed E-state index contributed by atoms with van der Waals surface area (Å²) < 4.78 is 5.33. The van der Waals surface area contributed by atoms with Crippen LogP contribution < -0.4 is 0 Å². The first-order valence-electron chi connectivity index (χ1n) is 5.43. The van der Waals surface area contributed by atoms with Crippen molar-refractivity contribution < 1.29 is 4.74 Å².